The van der Waals surface area contributed by atoms with Crippen LogP contribution in [0, 0.1) is 17.0 Å². The Hall–Kier alpha value is -2.77. The Morgan fingerprint density at radius 3 is 2.43 bits per heavy atom. The van der Waals surface area contributed by atoms with Crippen LogP contribution in [0.3, 0.4) is 0 Å². The molecule has 0 aliphatic rings. The zero-order valence-electron chi connectivity index (χ0n) is 14.4. The molecule has 0 aliphatic heterocycles. The van der Waals surface area contributed by atoms with E-state index in [9.17, 15) is 23.3 Å². The molecular formula is C14H13BrF3N7O3. The van der Waals surface area contributed by atoms with Crippen molar-refractivity contribution in [3.63, 3.8) is 0 Å². The Labute approximate surface area is 163 Å². The van der Waals surface area contributed by atoms with Crippen LogP contribution in [0.1, 0.15) is 23.2 Å². The maximum atomic E-state index is 12.9. The fourth-order valence-electron chi connectivity index (χ4n) is 2.39. The number of aromatic nitrogens is 6. The summed E-state index contributed by atoms with van der Waals surface area (Å²) in [6, 6.07) is 0. The van der Waals surface area contributed by atoms with Crippen LogP contribution in [0.15, 0.2) is 21.3 Å². The van der Waals surface area contributed by atoms with Crippen molar-refractivity contribution in [1.82, 2.24) is 29.8 Å². The van der Waals surface area contributed by atoms with E-state index in [1.807, 2.05) is 0 Å². The van der Waals surface area contributed by atoms with Gasteiger partial charge in [-0.1, -0.05) is 0 Å². The van der Waals surface area contributed by atoms with Gasteiger partial charge in [0.15, 0.2) is 5.69 Å². The molecule has 0 saturated carbocycles. The first-order chi connectivity index (χ1) is 13.1. The van der Waals surface area contributed by atoms with E-state index in [1.54, 1.807) is 0 Å². The smallest absolute Gasteiger partial charge is 0.425 e. The van der Waals surface area contributed by atoms with E-state index in [1.165, 1.54) is 22.5 Å². The van der Waals surface area contributed by atoms with E-state index in [4.69, 9.17) is 4.42 Å². The maximum absolute atomic E-state index is 12.9. The number of nitro groups is 1. The fraction of sp³-hybridized carbons (Fsp3) is 0.429. The second-order valence-corrected chi connectivity index (χ2v) is 6.57. The van der Waals surface area contributed by atoms with Crippen molar-refractivity contribution >= 4 is 21.6 Å². The molecular weight excluding hydrogens is 451 g/mol. The molecule has 150 valence electrons. The van der Waals surface area contributed by atoms with E-state index in [2.05, 4.69) is 36.3 Å². The van der Waals surface area contributed by atoms with Crippen LogP contribution in [0.4, 0.5) is 18.9 Å². The summed E-state index contributed by atoms with van der Waals surface area (Å²) in [6.07, 6.45) is -1.62. The third-order valence-electron chi connectivity index (χ3n) is 3.83. The summed E-state index contributed by atoms with van der Waals surface area (Å²) in [5.74, 6) is 0.545. The molecule has 0 spiro atoms. The number of alkyl halides is 3. The molecule has 3 aromatic rings. The largest absolute Gasteiger partial charge is 0.436 e. The molecule has 0 fully saturated rings. The molecule has 0 unspecified atom stereocenters. The highest BCUT2D eigenvalue weighted by molar-refractivity contribution is 9.10. The molecule has 10 nitrogen and oxygen atoms in total. The molecule has 0 aromatic carbocycles. The Morgan fingerprint density at radius 2 is 1.89 bits per heavy atom. The minimum atomic E-state index is -4.55. The Balaban J connectivity index is 1.58. The van der Waals surface area contributed by atoms with Gasteiger partial charge in [-0.25, -0.2) is 0 Å². The molecule has 0 atom stereocenters. The average Bonchev–Trinajstić information content (AvgIpc) is 3.32. The lowest BCUT2D eigenvalue weighted by atomic mass is 10.3. The molecule has 3 aromatic heterocycles. The van der Waals surface area contributed by atoms with Gasteiger partial charge in [0.2, 0.25) is 11.8 Å². The maximum Gasteiger partial charge on any atom is 0.436 e. The zero-order valence-corrected chi connectivity index (χ0v) is 15.9. The summed E-state index contributed by atoms with van der Waals surface area (Å²) in [6.45, 7) is 1.96. The third-order valence-corrected chi connectivity index (χ3v) is 4.78. The standard InChI is InChI=1S/C14H13BrF3N7O3/c1-8-12(15)13(14(16,17)18)22-24(8)5-3-11-21-20-10(28-11)2-4-23-7-9(6-19-23)25(26)27/h6-7H,2-5H2,1H3. The Morgan fingerprint density at radius 1 is 1.25 bits per heavy atom. The van der Waals surface area contributed by atoms with Gasteiger partial charge in [-0.05, 0) is 22.9 Å². The number of hydrogen-bond donors (Lipinski definition) is 0. The topological polar surface area (TPSA) is 118 Å². The quantitative estimate of drug-likeness (QED) is 0.390. The van der Waals surface area contributed by atoms with Gasteiger partial charge in [0, 0.05) is 25.9 Å². The van der Waals surface area contributed by atoms with Crippen molar-refractivity contribution in [2.24, 2.45) is 0 Å². The van der Waals surface area contributed by atoms with Crippen LogP contribution < -0.4 is 0 Å². The van der Waals surface area contributed by atoms with E-state index in [0.717, 1.165) is 6.20 Å². The molecule has 0 N–H and O–H groups in total. The van der Waals surface area contributed by atoms with Gasteiger partial charge in [-0.2, -0.15) is 23.4 Å². The number of aryl methyl sites for hydroxylation is 4. The van der Waals surface area contributed by atoms with Crippen LogP contribution >= 0.6 is 15.9 Å². The SMILES string of the molecule is Cc1c(Br)c(C(F)(F)F)nn1CCc1nnc(CCn2cc([N+](=O)[O-])cn2)o1. The lowest BCUT2D eigenvalue weighted by Gasteiger charge is -2.02. The predicted molar refractivity (Wildman–Crippen MR) is 90.3 cm³/mol. The molecule has 14 heteroatoms. The Bertz CT molecular complexity index is 995. The summed E-state index contributed by atoms with van der Waals surface area (Å²) < 4.78 is 46.6. The van der Waals surface area contributed by atoms with Crippen molar-refractivity contribution in [3.8, 4) is 0 Å². The number of hydrogen-bond acceptors (Lipinski definition) is 7. The Kier molecular flexibility index (Phi) is 5.49. The van der Waals surface area contributed by atoms with Crippen LogP contribution in [-0.2, 0) is 32.1 Å². The lowest BCUT2D eigenvalue weighted by Crippen LogP contribution is -2.10. The molecule has 0 bridgehead atoms. The molecule has 3 rings (SSSR count). The first-order valence-electron chi connectivity index (χ1n) is 7.93. The highest BCUT2D eigenvalue weighted by atomic mass is 79.9. The third kappa shape index (κ3) is 4.37. The molecule has 28 heavy (non-hydrogen) atoms. The van der Waals surface area contributed by atoms with Crippen LogP contribution in [-0.4, -0.2) is 34.7 Å². The predicted octanol–water partition coefficient (Wildman–Crippen LogP) is 2.95. The van der Waals surface area contributed by atoms with Crippen molar-refractivity contribution in [1.29, 1.82) is 0 Å². The van der Waals surface area contributed by atoms with Crippen molar-refractivity contribution in [2.45, 2.75) is 39.0 Å². The van der Waals surface area contributed by atoms with Gasteiger partial charge in [0.1, 0.15) is 12.4 Å². The summed E-state index contributed by atoms with van der Waals surface area (Å²) in [5, 5.41) is 25.8. The van der Waals surface area contributed by atoms with Gasteiger partial charge in [0.05, 0.1) is 15.1 Å². The highest BCUT2D eigenvalue weighted by Gasteiger charge is 2.37. The first kappa shape index (κ1) is 20.0. The van der Waals surface area contributed by atoms with Crippen LogP contribution in [0.5, 0.6) is 0 Å². The van der Waals surface area contributed by atoms with Crippen molar-refractivity contribution in [2.75, 3.05) is 0 Å². The van der Waals surface area contributed by atoms with Gasteiger partial charge < -0.3 is 4.42 Å². The lowest BCUT2D eigenvalue weighted by molar-refractivity contribution is -0.385. The second-order valence-electron chi connectivity index (χ2n) is 5.78. The number of nitrogens with zero attached hydrogens (tertiary/aromatic N) is 7. The van der Waals surface area contributed by atoms with Gasteiger partial charge in [0.25, 0.3) is 0 Å². The fourth-order valence-corrected chi connectivity index (χ4v) is 2.90. The van der Waals surface area contributed by atoms with Crippen LogP contribution in [0.2, 0.25) is 0 Å². The van der Waals surface area contributed by atoms with Crippen molar-refractivity contribution in [3.05, 3.63) is 50.2 Å². The van der Waals surface area contributed by atoms with E-state index >= 15 is 0 Å². The van der Waals surface area contributed by atoms with Crippen molar-refractivity contribution < 1.29 is 22.5 Å². The minimum absolute atomic E-state index is 0.0977. The molecule has 0 aliphatic carbocycles. The molecule has 0 radical (unpaired) electrons. The van der Waals surface area contributed by atoms with Gasteiger partial charge in [-0.3, -0.25) is 19.5 Å². The average molecular weight is 464 g/mol. The molecule has 3 heterocycles. The summed E-state index contributed by atoms with van der Waals surface area (Å²) in [4.78, 5) is 10.1. The number of rotatable bonds is 7. The molecule has 0 amide bonds. The van der Waals surface area contributed by atoms with E-state index in [-0.39, 0.29) is 29.0 Å². The van der Waals surface area contributed by atoms with Crippen LogP contribution in [0.25, 0.3) is 0 Å². The highest BCUT2D eigenvalue weighted by Crippen LogP contribution is 2.35. The summed E-state index contributed by atoms with van der Waals surface area (Å²) in [7, 11) is 0. The first-order valence-corrected chi connectivity index (χ1v) is 8.72. The molecule has 0 saturated heterocycles. The van der Waals surface area contributed by atoms with Gasteiger partial charge >= 0.3 is 11.9 Å². The summed E-state index contributed by atoms with van der Waals surface area (Å²) >= 11 is 2.92. The van der Waals surface area contributed by atoms with Gasteiger partial charge in [-0.15, -0.1) is 10.2 Å². The van der Waals surface area contributed by atoms with E-state index in [0.29, 0.717) is 24.6 Å². The summed E-state index contributed by atoms with van der Waals surface area (Å²) in [5.41, 5.74) is -0.762. The number of halogens is 4. The monoisotopic (exact) mass is 463 g/mol. The van der Waals surface area contributed by atoms with E-state index < -0.39 is 16.8 Å². The second kappa shape index (κ2) is 7.69. The minimum Gasteiger partial charge on any atom is -0.425 e. The normalized spacial score (nSPS) is 11.9. The zero-order chi connectivity index (χ0) is 20.5.